The average Bonchev–Trinajstić information content (AvgIpc) is 3.64. The van der Waals surface area contributed by atoms with E-state index in [2.05, 4.69) is 4.98 Å². The third kappa shape index (κ3) is 6.14. The molecule has 1 amide bonds. The molecule has 0 aliphatic carbocycles. The minimum absolute atomic E-state index is 0.169. The summed E-state index contributed by atoms with van der Waals surface area (Å²) in [4.78, 5) is 17.1. The Morgan fingerprint density at radius 3 is 2.21 bits per heavy atom. The van der Waals surface area contributed by atoms with Crippen molar-refractivity contribution in [3.05, 3.63) is 88.6 Å². The van der Waals surface area contributed by atoms with Gasteiger partial charge in [0.15, 0.2) is 6.29 Å². The lowest BCUT2D eigenvalue weighted by atomic mass is 9.93. The summed E-state index contributed by atoms with van der Waals surface area (Å²) in [6, 6.07) is 21.0. The predicted molar refractivity (Wildman–Crippen MR) is 149 cm³/mol. The summed E-state index contributed by atoms with van der Waals surface area (Å²) in [6.07, 6.45) is 1.41. The van der Waals surface area contributed by atoms with Gasteiger partial charge in [0, 0.05) is 28.2 Å². The van der Waals surface area contributed by atoms with E-state index in [0.717, 1.165) is 52.2 Å². The van der Waals surface area contributed by atoms with Crippen LogP contribution in [-0.4, -0.2) is 63.2 Å². The van der Waals surface area contributed by atoms with E-state index < -0.39 is 0 Å². The zero-order valence-corrected chi connectivity index (χ0v) is 22.6. The Morgan fingerprint density at radius 2 is 1.59 bits per heavy atom. The molecule has 9 heteroatoms. The van der Waals surface area contributed by atoms with E-state index in [1.807, 2.05) is 71.6 Å². The standard InChI is InChI=1S/C22H21ClN2O4.C8H10O2/c23-15-3-6-19-18(11-15)17-7-8-25(13-26)22(21(17)24-19)14-1-4-16(5-2-14)29-12-20-27-9-10-28-20;1-9-7-3-5-8(10-2)6-4-7/h1-6,11,13,20,22,24H,7-10,12H2;3-6H,1-2H3. The highest BCUT2D eigenvalue weighted by Crippen LogP contribution is 2.38. The second-order valence-electron chi connectivity index (χ2n) is 9.13. The van der Waals surface area contributed by atoms with Crippen LogP contribution in [0.5, 0.6) is 17.2 Å². The van der Waals surface area contributed by atoms with Crippen molar-refractivity contribution in [2.75, 3.05) is 40.6 Å². The SMILES string of the molecule is COc1ccc(OC)cc1.O=CN1CCc2c([nH]c3ccc(Cl)cc23)C1c1ccc(OCC2OCCO2)cc1. The van der Waals surface area contributed by atoms with Crippen LogP contribution in [0.25, 0.3) is 10.9 Å². The number of hydrogen-bond acceptors (Lipinski definition) is 6. The van der Waals surface area contributed by atoms with Crippen molar-refractivity contribution in [3.8, 4) is 17.2 Å². The Kier molecular flexibility index (Phi) is 8.56. The second-order valence-corrected chi connectivity index (χ2v) is 9.57. The first-order valence-electron chi connectivity index (χ1n) is 12.7. The number of nitrogens with zero attached hydrogens (tertiary/aromatic N) is 1. The van der Waals surface area contributed by atoms with Crippen LogP contribution < -0.4 is 14.2 Å². The number of aromatic nitrogens is 1. The molecule has 0 radical (unpaired) electrons. The minimum atomic E-state index is -0.306. The number of halogens is 1. The topological polar surface area (TPSA) is 82.3 Å². The number of H-pyrrole nitrogens is 1. The third-order valence-corrected chi connectivity index (χ3v) is 7.06. The van der Waals surface area contributed by atoms with Crippen LogP contribution in [0, 0.1) is 0 Å². The highest BCUT2D eigenvalue weighted by molar-refractivity contribution is 6.31. The number of carbonyl (C=O) groups excluding carboxylic acids is 1. The zero-order valence-electron chi connectivity index (χ0n) is 21.9. The molecule has 0 saturated carbocycles. The number of fused-ring (bicyclic) bond motifs is 3. The lowest BCUT2D eigenvalue weighted by Gasteiger charge is -2.33. The van der Waals surface area contributed by atoms with E-state index in [1.165, 1.54) is 5.56 Å². The minimum Gasteiger partial charge on any atom is -0.497 e. The predicted octanol–water partition coefficient (Wildman–Crippen LogP) is 5.38. The van der Waals surface area contributed by atoms with Crippen LogP contribution in [0.1, 0.15) is 22.9 Å². The van der Waals surface area contributed by atoms with E-state index in [9.17, 15) is 4.79 Å². The molecule has 0 bridgehead atoms. The number of benzene rings is 3. The van der Waals surface area contributed by atoms with E-state index in [4.69, 9.17) is 35.3 Å². The summed E-state index contributed by atoms with van der Waals surface area (Å²) in [5.41, 5.74) is 4.33. The molecule has 3 aromatic carbocycles. The van der Waals surface area contributed by atoms with Gasteiger partial charge in [0.2, 0.25) is 6.41 Å². The number of rotatable bonds is 7. The molecule has 39 heavy (non-hydrogen) atoms. The third-order valence-electron chi connectivity index (χ3n) is 6.83. The molecule has 2 aliphatic rings. The van der Waals surface area contributed by atoms with E-state index in [-0.39, 0.29) is 12.3 Å². The number of aromatic amines is 1. The van der Waals surface area contributed by atoms with E-state index in [1.54, 1.807) is 14.2 Å². The van der Waals surface area contributed by atoms with Crippen molar-refractivity contribution in [1.29, 1.82) is 0 Å². The number of nitrogens with one attached hydrogen (secondary N) is 1. The lowest BCUT2D eigenvalue weighted by molar-refractivity contribution is -0.120. The van der Waals surface area contributed by atoms with Crippen molar-refractivity contribution < 1.29 is 28.5 Å². The van der Waals surface area contributed by atoms with Crippen LogP contribution in [-0.2, 0) is 20.7 Å². The fourth-order valence-corrected chi connectivity index (χ4v) is 5.05. The molecule has 1 saturated heterocycles. The average molecular weight is 551 g/mol. The molecule has 1 atom stereocenters. The molecule has 1 unspecified atom stereocenters. The van der Waals surface area contributed by atoms with Crippen molar-refractivity contribution in [1.82, 2.24) is 9.88 Å². The van der Waals surface area contributed by atoms with Gasteiger partial charge in [-0.2, -0.15) is 0 Å². The summed E-state index contributed by atoms with van der Waals surface area (Å²) in [7, 11) is 3.28. The van der Waals surface area contributed by atoms with Crippen molar-refractivity contribution in [2.45, 2.75) is 18.8 Å². The first-order valence-corrected chi connectivity index (χ1v) is 13.1. The number of methoxy groups -OCH3 is 2. The van der Waals surface area contributed by atoms with E-state index >= 15 is 0 Å². The Bertz CT molecular complexity index is 1360. The summed E-state index contributed by atoms with van der Waals surface area (Å²) in [5.74, 6) is 2.44. The molecule has 1 fully saturated rings. The maximum absolute atomic E-state index is 11.8. The van der Waals surface area contributed by atoms with Crippen molar-refractivity contribution in [2.24, 2.45) is 0 Å². The number of hydrogen-bond donors (Lipinski definition) is 1. The van der Waals surface area contributed by atoms with Crippen molar-refractivity contribution >= 4 is 28.9 Å². The molecule has 2 aliphatic heterocycles. The van der Waals surface area contributed by atoms with Crippen LogP contribution in [0.4, 0.5) is 0 Å². The number of amides is 1. The molecule has 3 heterocycles. The van der Waals surface area contributed by atoms with Gasteiger partial charge in [-0.1, -0.05) is 23.7 Å². The molecule has 4 aromatic rings. The second kappa shape index (κ2) is 12.4. The fraction of sp³-hybridized carbons (Fsp3) is 0.300. The maximum atomic E-state index is 11.8. The van der Waals surface area contributed by atoms with Gasteiger partial charge >= 0.3 is 0 Å². The summed E-state index contributed by atoms with van der Waals surface area (Å²) in [5, 5.41) is 1.84. The highest BCUT2D eigenvalue weighted by Gasteiger charge is 2.31. The van der Waals surface area contributed by atoms with Gasteiger partial charge in [-0.25, -0.2) is 0 Å². The Hall–Kier alpha value is -3.72. The maximum Gasteiger partial charge on any atom is 0.210 e. The molecule has 1 N–H and O–H groups in total. The van der Waals surface area contributed by atoms with Gasteiger partial charge < -0.3 is 33.6 Å². The van der Waals surface area contributed by atoms with Crippen LogP contribution in [0.15, 0.2) is 66.7 Å². The summed E-state index contributed by atoms with van der Waals surface area (Å²) in [6.45, 7) is 2.23. The quantitative estimate of drug-likeness (QED) is 0.311. The van der Waals surface area contributed by atoms with Gasteiger partial charge in [-0.3, -0.25) is 4.79 Å². The van der Waals surface area contributed by atoms with Gasteiger partial charge in [0.05, 0.1) is 33.5 Å². The zero-order chi connectivity index (χ0) is 27.2. The molecule has 1 aromatic heterocycles. The molecule has 204 valence electrons. The van der Waals surface area contributed by atoms with E-state index in [0.29, 0.717) is 31.4 Å². The van der Waals surface area contributed by atoms with Crippen LogP contribution in [0.3, 0.4) is 0 Å². The van der Waals surface area contributed by atoms with Gasteiger partial charge in [0.1, 0.15) is 23.9 Å². The number of ether oxygens (including phenoxy) is 5. The summed E-state index contributed by atoms with van der Waals surface area (Å²) < 4.78 is 26.5. The van der Waals surface area contributed by atoms with Crippen molar-refractivity contribution in [3.63, 3.8) is 0 Å². The van der Waals surface area contributed by atoms with Gasteiger partial charge in [-0.05, 0) is 72.1 Å². The lowest BCUT2D eigenvalue weighted by Crippen LogP contribution is -2.34. The first-order chi connectivity index (χ1) is 19.1. The molecular formula is C30H31ClN2O6. The van der Waals surface area contributed by atoms with Crippen LogP contribution in [0.2, 0.25) is 5.02 Å². The molecule has 8 nitrogen and oxygen atoms in total. The van der Waals surface area contributed by atoms with Crippen LogP contribution >= 0.6 is 11.6 Å². The first kappa shape index (κ1) is 26.9. The Morgan fingerprint density at radius 1 is 0.949 bits per heavy atom. The Labute approximate surface area is 232 Å². The smallest absolute Gasteiger partial charge is 0.210 e. The monoisotopic (exact) mass is 550 g/mol. The van der Waals surface area contributed by atoms with Gasteiger partial charge in [0.25, 0.3) is 0 Å². The molecule has 0 spiro atoms. The fourth-order valence-electron chi connectivity index (χ4n) is 4.88. The molecule has 6 rings (SSSR count). The number of carbonyl (C=O) groups is 1. The summed E-state index contributed by atoms with van der Waals surface area (Å²) >= 11 is 6.21. The van der Waals surface area contributed by atoms with Gasteiger partial charge in [-0.15, -0.1) is 0 Å². The highest BCUT2D eigenvalue weighted by atomic mass is 35.5. The Balaban J connectivity index is 0.000000261. The molecular weight excluding hydrogens is 520 g/mol. The normalized spacial score (nSPS) is 16.8. The largest absolute Gasteiger partial charge is 0.497 e.